The SMILES string of the molecule is O=C(O)C(c1ccccc1)(c1ccccc1)c1ccccc1.O=Cc1cc([C@H](O)CNCCCCCCOCCOCc2c(Cl)cccc2Cl)ccc1O. The molecular formula is C44H47Cl2NO7. The molecule has 0 spiro atoms. The van der Waals surface area contributed by atoms with Gasteiger partial charge in [0.2, 0.25) is 0 Å². The molecule has 10 heteroatoms. The van der Waals surface area contributed by atoms with Gasteiger partial charge in [-0.25, -0.2) is 0 Å². The molecule has 0 saturated carbocycles. The van der Waals surface area contributed by atoms with Crippen LogP contribution in [0.3, 0.4) is 0 Å². The minimum absolute atomic E-state index is 0.0811. The number of carbonyl (C=O) groups is 2. The Morgan fingerprint density at radius 1 is 0.704 bits per heavy atom. The Kier molecular flexibility index (Phi) is 17.7. The standard InChI is InChI=1S/C24H31Cl2NO5.C20H16O2/c25-21-6-5-7-22(26)20(21)17-32-13-12-31-11-4-2-1-3-10-27-15-24(30)18-8-9-23(29)19(14-18)16-28;21-19(22)20(16-10-4-1-5-11-16,17-12-6-2-7-13-17)18-14-8-3-9-15-18/h5-9,14,16,24,27,29-30H,1-4,10-13,15,17H2;1-15H,(H,21,22)/t24-;/m1./s1. The van der Waals surface area contributed by atoms with Gasteiger partial charge in [-0.1, -0.05) is 139 Å². The largest absolute Gasteiger partial charge is 0.507 e. The zero-order valence-corrected chi connectivity index (χ0v) is 31.6. The van der Waals surface area contributed by atoms with Crippen molar-refractivity contribution in [1.29, 1.82) is 0 Å². The molecule has 5 aromatic rings. The first-order valence-corrected chi connectivity index (χ1v) is 18.7. The lowest BCUT2D eigenvalue weighted by atomic mass is 9.69. The number of aromatic hydroxyl groups is 1. The third kappa shape index (κ3) is 12.0. The Hall–Kier alpha value is -4.54. The average molecular weight is 773 g/mol. The molecule has 0 saturated heterocycles. The summed E-state index contributed by atoms with van der Waals surface area (Å²) >= 11 is 12.2. The molecule has 284 valence electrons. The summed E-state index contributed by atoms with van der Waals surface area (Å²) in [5.74, 6) is -0.960. The number of aliphatic hydroxyl groups excluding tert-OH is 1. The highest BCUT2D eigenvalue weighted by molar-refractivity contribution is 6.35. The number of carboxylic acids is 1. The lowest BCUT2D eigenvalue weighted by Crippen LogP contribution is -2.38. The van der Waals surface area contributed by atoms with E-state index < -0.39 is 17.5 Å². The summed E-state index contributed by atoms with van der Waals surface area (Å²) in [6.07, 6.45) is 3.99. The van der Waals surface area contributed by atoms with Crippen molar-refractivity contribution in [2.75, 3.05) is 32.9 Å². The molecule has 5 aromatic carbocycles. The van der Waals surface area contributed by atoms with Crippen LogP contribution in [0.25, 0.3) is 0 Å². The van der Waals surface area contributed by atoms with E-state index in [2.05, 4.69) is 5.32 Å². The molecule has 8 nitrogen and oxygen atoms in total. The Morgan fingerprint density at radius 3 is 1.78 bits per heavy atom. The van der Waals surface area contributed by atoms with E-state index >= 15 is 0 Å². The molecule has 0 bridgehead atoms. The van der Waals surface area contributed by atoms with Crippen molar-refractivity contribution in [2.24, 2.45) is 0 Å². The molecule has 54 heavy (non-hydrogen) atoms. The Morgan fingerprint density at radius 2 is 1.24 bits per heavy atom. The van der Waals surface area contributed by atoms with E-state index in [0.29, 0.717) is 54.9 Å². The molecule has 0 fully saturated rings. The highest BCUT2D eigenvalue weighted by Crippen LogP contribution is 2.39. The summed E-state index contributed by atoms with van der Waals surface area (Å²) in [6, 6.07) is 38.1. The lowest BCUT2D eigenvalue weighted by molar-refractivity contribution is -0.140. The molecule has 0 radical (unpaired) electrons. The van der Waals surface area contributed by atoms with Crippen molar-refractivity contribution in [3.63, 3.8) is 0 Å². The van der Waals surface area contributed by atoms with E-state index in [1.54, 1.807) is 24.3 Å². The number of aldehydes is 1. The smallest absolute Gasteiger partial charge is 0.323 e. The van der Waals surface area contributed by atoms with Crippen molar-refractivity contribution >= 4 is 35.5 Å². The maximum atomic E-state index is 12.4. The first-order chi connectivity index (χ1) is 26.3. The van der Waals surface area contributed by atoms with Crippen LogP contribution in [0.15, 0.2) is 127 Å². The maximum absolute atomic E-state index is 12.4. The summed E-state index contributed by atoms with van der Waals surface area (Å²) in [7, 11) is 0. The minimum Gasteiger partial charge on any atom is -0.507 e. The quantitative estimate of drug-likeness (QED) is 0.0351. The molecule has 0 aliphatic rings. The molecule has 0 aliphatic carbocycles. The zero-order valence-electron chi connectivity index (χ0n) is 30.1. The molecular weight excluding hydrogens is 725 g/mol. The fourth-order valence-corrected chi connectivity index (χ4v) is 6.54. The number of hydrogen-bond acceptors (Lipinski definition) is 7. The topological polar surface area (TPSA) is 125 Å². The number of carboxylic acid groups (broad SMARTS) is 1. The molecule has 0 unspecified atom stereocenters. The van der Waals surface area contributed by atoms with Gasteiger partial charge in [-0.05, 0) is 65.9 Å². The number of aliphatic hydroxyl groups is 1. The van der Waals surface area contributed by atoms with E-state index in [4.69, 9.17) is 32.7 Å². The molecule has 0 aromatic heterocycles. The fourth-order valence-electron chi connectivity index (χ4n) is 6.04. The molecule has 0 amide bonds. The summed E-state index contributed by atoms with van der Waals surface area (Å²) in [5, 5.41) is 34.3. The van der Waals surface area contributed by atoms with Crippen LogP contribution in [0.2, 0.25) is 10.0 Å². The van der Waals surface area contributed by atoms with Gasteiger partial charge in [-0.2, -0.15) is 0 Å². The number of benzene rings is 5. The van der Waals surface area contributed by atoms with Gasteiger partial charge in [0.25, 0.3) is 0 Å². The molecule has 5 rings (SSSR count). The monoisotopic (exact) mass is 771 g/mol. The van der Waals surface area contributed by atoms with Gasteiger partial charge in [0, 0.05) is 28.8 Å². The number of unbranched alkanes of at least 4 members (excludes halogenated alkanes) is 3. The Balaban J connectivity index is 0.000000256. The van der Waals surface area contributed by atoms with E-state index in [-0.39, 0.29) is 11.3 Å². The van der Waals surface area contributed by atoms with Crippen molar-refractivity contribution in [3.8, 4) is 5.75 Å². The van der Waals surface area contributed by atoms with Gasteiger partial charge in [-0.3, -0.25) is 9.59 Å². The van der Waals surface area contributed by atoms with Crippen molar-refractivity contribution in [1.82, 2.24) is 5.32 Å². The second-order valence-electron chi connectivity index (χ2n) is 12.6. The predicted molar refractivity (Wildman–Crippen MR) is 214 cm³/mol. The highest BCUT2D eigenvalue weighted by Gasteiger charge is 2.43. The number of phenolic OH excluding ortho intramolecular Hbond substituents is 1. The number of phenols is 1. The van der Waals surface area contributed by atoms with E-state index in [9.17, 15) is 24.9 Å². The number of hydrogen-bond donors (Lipinski definition) is 4. The second kappa shape index (κ2) is 22.6. The van der Waals surface area contributed by atoms with Crippen LogP contribution < -0.4 is 5.32 Å². The van der Waals surface area contributed by atoms with Crippen LogP contribution in [0.1, 0.15) is 70.0 Å². The van der Waals surface area contributed by atoms with E-state index in [1.807, 2.05) is 91.0 Å². The van der Waals surface area contributed by atoms with Gasteiger partial charge >= 0.3 is 5.97 Å². The first kappa shape index (κ1) is 42.2. The van der Waals surface area contributed by atoms with E-state index in [0.717, 1.165) is 54.5 Å². The summed E-state index contributed by atoms with van der Waals surface area (Å²) < 4.78 is 11.2. The number of ether oxygens (including phenoxy) is 2. The van der Waals surface area contributed by atoms with Crippen molar-refractivity contribution in [3.05, 3.63) is 171 Å². The van der Waals surface area contributed by atoms with Gasteiger partial charge in [0.15, 0.2) is 6.29 Å². The van der Waals surface area contributed by atoms with Gasteiger partial charge < -0.3 is 30.1 Å². The summed E-state index contributed by atoms with van der Waals surface area (Å²) in [6.45, 7) is 3.28. The van der Waals surface area contributed by atoms with Gasteiger partial charge in [0.05, 0.1) is 31.5 Å². The molecule has 0 heterocycles. The van der Waals surface area contributed by atoms with Crippen LogP contribution in [-0.2, 0) is 26.3 Å². The first-order valence-electron chi connectivity index (χ1n) is 17.9. The third-order valence-electron chi connectivity index (χ3n) is 8.91. The predicted octanol–water partition coefficient (Wildman–Crippen LogP) is 9.03. The lowest BCUT2D eigenvalue weighted by Gasteiger charge is -2.31. The third-order valence-corrected chi connectivity index (χ3v) is 9.62. The number of rotatable bonds is 20. The van der Waals surface area contributed by atoms with Crippen LogP contribution >= 0.6 is 23.2 Å². The average Bonchev–Trinajstić information content (AvgIpc) is 3.19. The van der Waals surface area contributed by atoms with Crippen molar-refractivity contribution < 1.29 is 34.4 Å². The zero-order chi connectivity index (χ0) is 38.6. The van der Waals surface area contributed by atoms with Gasteiger partial charge in [0.1, 0.15) is 11.2 Å². The number of nitrogens with one attached hydrogen (secondary N) is 1. The van der Waals surface area contributed by atoms with E-state index in [1.165, 1.54) is 12.1 Å². The highest BCUT2D eigenvalue weighted by atomic mass is 35.5. The van der Waals surface area contributed by atoms with Crippen LogP contribution in [0.5, 0.6) is 5.75 Å². The number of carbonyl (C=O) groups excluding carboxylic acids is 1. The van der Waals surface area contributed by atoms with Crippen LogP contribution in [0, 0.1) is 0 Å². The molecule has 4 N–H and O–H groups in total. The number of halogens is 2. The summed E-state index contributed by atoms with van der Waals surface area (Å²) in [5.41, 5.74) is 2.63. The minimum atomic E-state index is -1.20. The van der Waals surface area contributed by atoms with Crippen molar-refractivity contribution in [2.45, 2.75) is 43.8 Å². The Labute approximate surface area is 327 Å². The van der Waals surface area contributed by atoms with Gasteiger partial charge in [-0.15, -0.1) is 0 Å². The molecule has 0 aliphatic heterocycles. The van der Waals surface area contributed by atoms with Crippen LogP contribution in [0.4, 0.5) is 0 Å². The Bertz CT molecular complexity index is 1740. The fraction of sp³-hybridized carbons (Fsp3) is 0.273. The van der Waals surface area contributed by atoms with Crippen LogP contribution in [-0.4, -0.2) is 60.5 Å². The summed E-state index contributed by atoms with van der Waals surface area (Å²) in [4.78, 5) is 23.3. The number of aliphatic carboxylic acids is 1. The normalized spacial score (nSPS) is 11.7. The maximum Gasteiger partial charge on any atom is 0.323 e. The molecule has 1 atom stereocenters. The second-order valence-corrected chi connectivity index (χ2v) is 13.4.